The maximum absolute atomic E-state index is 13.9. The van der Waals surface area contributed by atoms with Gasteiger partial charge in [-0.2, -0.15) is 5.10 Å². The molecule has 2 amide bonds. The molecule has 9 heteroatoms. The minimum Gasteiger partial charge on any atom is -0.454 e. The second-order valence-corrected chi connectivity index (χ2v) is 8.24. The van der Waals surface area contributed by atoms with E-state index in [0.717, 1.165) is 12.0 Å². The third-order valence-electron chi connectivity index (χ3n) is 6.08. The van der Waals surface area contributed by atoms with E-state index in [1.54, 1.807) is 60.5 Å². The highest BCUT2D eigenvalue weighted by Crippen LogP contribution is 2.34. The number of nitrogens with zero attached hydrogens (tertiary/aromatic N) is 3. The summed E-state index contributed by atoms with van der Waals surface area (Å²) in [6.07, 6.45) is 2.47. The van der Waals surface area contributed by atoms with Crippen molar-refractivity contribution in [2.24, 2.45) is 5.73 Å². The number of likely N-dealkylation sites (tertiary alicyclic amines) is 1. The second-order valence-electron chi connectivity index (χ2n) is 8.24. The van der Waals surface area contributed by atoms with Crippen LogP contribution in [0.1, 0.15) is 35.3 Å². The number of imidazole rings is 1. The van der Waals surface area contributed by atoms with Gasteiger partial charge in [-0.05, 0) is 55.7 Å². The van der Waals surface area contributed by atoms with E-state index < -0.39 is 11.7 Å². The van der Waals surface area contributed by atoms with E-state index in [4.69, 9.17) is 10.5 Å². The summed E-state index contributed by atoms with van der Waals surface area (Å²) in [7, 11) is 0. The monoisotopic (exact) mass is 471 g/mol. The summed E-state index contributed by atoms with van der Waals surface area (Å²) < 4.78 is 21.0. The number of ether oxygens (including phenoxy) is 1. The summed E-state index contributed by atoms with van der Waals surface area (Å²) in [5.41, 5.74) is 8.70. The fourth-order valence-corrected chi connectivity index (χ4v) is 4.40. The average Bonchev–Trinajstić information content (AvgIpc) is 3.56. The maximum atomic E-state index is 13.9. The van der Waals surface area contributed by atoms with Crippen LogP contribution in [-0.4, -0.2) is 44.4 Å². The molecule has 1 fully saturated rings. The molecule has 0 bridgehead atoms. The molecule has 35 heavy (non-hydrogen) atoms. The van der Waals surface area contributed by atoms with Gasteiger partial charge >= 0.3 is 0 Å². The Morgan fingerprint density at radius 3 is 2.69 bits per heavy atom. The van der Waals surface area contributed by atoms with Gasteiger partial charge in [-0.1, -0.05) is 18.1 Å². The van der Waals surface area contributed by atoms with E-state index in [0.29, 0.717) is 35.7 Å². The molecule has 2 aromatic carbocycles. The number of fused-ring (bicyclic) bond motifs is 1. The lowest BCUT2D eigenvalue weighted by Gasteiger charge is -2.12. The largest absolute Gasteiger partial charge is 0.454 e. The summed E-state index contributed by atoms with van der Waals surface area (Å²) in [6, 6.07) is 13.0. The lowest BCUT2D eigenvalue weighted by Crippen LogP contribution is -2.26. The van der Waals surface area contributed by atoms with Gasteiger partial charge in [0.1, 0.15) is 11.4 Å². The first-order valence-corrected chi connectivity index (χ1v) is 11.1. The van der Waals surface area contributed by atoms with Gasteiger partial charge in [-0.3, -0.25) is 9.59 Å². The number of halogens is 1. The number of hydrogen-bond acceptors (Lipinski definition) is 4. The maximum Gasteiger partial charge on any atom is 0.298 e. The van der Waals surface area contributed by atoms with Crippen molar-refractivity contribution in [3.63, 3.8) is 0 Å². The number of rotatable bonds is 5. The average molecular weight is 471 g/mol. The molecule has 0 radical (unpaired) electrons. The molecule has 8 nitrogen and oxygen atoms in total. The van der Waals surface area contributed by atoms with Gasteiger partial charge in [0, 0.05) is 30.1 Å². The van der Waals surface area contributed by atoms with Crippen LogP contribution in [0.2, 0.25) is 0 Å². The Morgan fingerprint density at radius 2 is 1.97 bits per heavy atom. The number of nitrogens with two attached hydrogens (primary N) is 1. The Hall–Kier alpha value is -4.58. The van der Waals surface area contributed by atoms with Crippen LogP contribution >= 0.6 is 0 Å². The van der Waals surface area contributed by atoms with Crippen LogP contribution in [0.5, 0.6) is 11.5 Å². The number of nitrogens with one attached hydrogen (secondary N) is 1. The number of carbonyl (C=O) groups is 2. The van der Waals surface area contributed by atoms with Crippen molar-refractivity contribution in [2.75, 3.05) is 13.1 Å². The first kappa shape index (κ1) is 22.2. The molecule has 4 aromatic rings. The topological polar surface area (TPSA) is 106 Å². The zero-order valence-corrected chi connectivity index (χ0v) is 18.9. The van der Waals surface area contributed by atoms with Gasteiger partial charge in [0.25, 0.3) is 11.8 Å². The Labute approximate surface area is 200 Å². The molecule has 2 aromatic heterocycles. The number of benzene rings is 2. The standard InChI is InChI=1S/C26H22FN5O3/c1-2-5-22(33)31-13-12-17(15-31)19-14-29-32-24(25(28)34)23(30-26(19)32)16-8-10-18(11-9-16)35-21-7-4-3-6-20(21)27/h3-4,6-11,14,17,30H,12-13,15H2,1H3,(H2,28,34). The second kappa shape index (κ2) is 8.99. The van der Waals surface area contributed by atoms with Gasteiger partial charge in [0.15, 0.2) is 17.3 Å². The van der Waals surface area contributed by atoms with Crippen LogP contribution in [0.15, 0.2) is 54.7 Å². The molecular formula is C26H22FN5O3. The summed E-state index contributed by atoms with van der Waals surface area (Å²) in [6.45, 7) is 2.77. The van der Waals surface area contributed by atoms with Crippen LogP contribution in [0.3, 0.4) is 0 Å². The van der Waals surface area contributed by atoms with Gasteiger partial charge in [0.2, 0.25) is 0 Å². The molecule has 0 aliphatic carbocycles. The molecule has 0 saturated carbocycles. The molecule has 176 valence electrons. The van der Waals surface area contributed by atoms with Crippen molar-refractivity contribution in [1.29, 1.82) is 0 Å². The Morgan fingerprint density at radius 1 is 1.20 bits per heavy atom. The third-order valence-corrected chi connectivity index (χ3v) is 6.08. The number of aromatic amines is 1. The SMILES string of the molecule is CC#CC(=O)N1CCC(c2cnn3c(C(N)=O)c(-c4ccc(Oc5ccccc5F)cc4)[nH]c23)C1. The molecule has 1 atom stereocenters. The Bertz CT molecular complexity index is 1490. The minimum atomic E-state index is -0.631. The first-order chi connectivity index (χ1) is 17.0. The number of primary amides is 1. The van der Waals surface area contributed by atoms with Crippen LogP contribution in [-0.2, 0) is 4.79 Å². The van der Waals surface area contributed by atoms with E-state index in [-0.39, 0.29) is 23.3 Å². The smallest absolute Gasteiger partial charge is 0.298 e. The first-order valence-electron chi connectivity index (χ1n) is 11.1. The quantitative estimate of drug-likeness (QED) is 0.433. The summed E-state index contributed by atoms with van der Waals surface area (Å²) in [4.78, 5) is 29.5. The number of hydrogen-bond donors (Lipinski definition) is 2. The zero-order chi connectivity index (χ0) is 24.5. The van der Waals surface area contributed by atoms with Crippen LogP contribution in [0.4, 0.5) is 4.39 Å². The van der Waals surface area contributed by atoms with Crippen LogP contribution < -0.4 is 10.5 Å². The zero-order valence-electron chi connectivity index (χ0n) is 18.9. The predicted octanol–water partition coefficient (Wildman–Crippen LogP) is 3.70. The highest BCUT2D eigenvalue weighted by atomic mass is 19.1. The van der Waals surface area contributed by atoms with Gasteiger partial charge in [-0.15, -0.1) is 0 Å². The van der Waals surface area contributed by atoms with Crippen LogP contribution in [0.25, 0.3) is 16.9 Å². The highest BCUT2D eigenvalue weighted by Gasteiger charge is 2.31. The predicted molar refractivity (Wildman–Crippen MR) is 127 cm³/mol. The molecule has 5 rings (SSSR count). The lowest BCUT2D eigenvalue weighted by molar-refractivity contribution is -0.124. The normalized spacial score (nSPS) is 15.1. The molecule has 1 aliphatic rings. The fourth-order valence-electron chi connectivity index (χ4n) is 4.40. The summed E-state index contributed by atoms with van der Waals surface area (Å²) in [5, 5.41) is 4.41. The highest BCUT2D eigenvalue weighted by molar-refractivity contribution is 5.98. The van der Waals surface area contributed by atoms with Gasteiger partial charge in [-0.25, -0.2) is 8.91 Å². The summed E-state index contributed by atoms with van der Waals surface area (Å²) >= 11 is 0. The molecule has 1 aliphatic heterocycles. The van der Waals surface area contributed by atoms with Crippen molar-refractivity contribution in [3.05, 3.63) is 71.8 Å². The summed E-state index contributed by atoms with van der Waals surface area (Å²) in [5.74, 6) is 4.56. The van der Waals surface area contributed by atoms with Crippen LogP contribution in [0, 0.1) is 17.7 Å². The van der Waals surface area contributed by atoms with E-state index in [9.17, 15) is 14.0 Å². The molecule has 3 N–H and O–H groups in total. The third kappa shape index (κ3) is 4.10. The molecule has 0 spiro atoms. The minimum absolute atomic E-state index is 0.0545. The van der Waals surface area contributed by atoms with Crippen molar-refractivity contribution >= 4 is 17.5 Å². The fraction of sp³-hybridized carbons (Fsp3) is 0.192. The van der Waals surface area contributed by atoms with E-state index >= 15 is 0 Å². The van der Waals surface area contributed by atoms with Crippen molar-refractivity contribution in [2.45, 2.75) is 19.3 Å². The number of amides is 2. The van der Waals surface area contributed by atoms with Crippen molar-refractivity contribution < 1.29 is 18.7 Å². The lowest BCUT2D eigenvalue weighted by atomic mass is 10.0. The molecule has 1 saturated heterocycles. The molecular weight excluding hydrogens is 449 g/mol. The van der Waals surface area contributed by atoms with E-state index in [2.05, 4.69) is 21.9 Å². The van der Waals surface area contributed by atoms with Crippen molar-refractivity contribution in [3.8, 4) is 34.6 Å². The Kier molecular flexibility index (Phi) is 5.71. The number of carbonyl (C=O) groups excluding carboxylic acids is 2. The Balaban J connectivity index is 1.46. The van der Waals surface area contributed by atoms with E-state index in [1.807, 2.05) is 0 Å². The number of para-hydroxylation sites is 1. The van der Waals surface area contributed by atoms with E-state index in [1.165, 1.54) is 10.6 Å². The molecule has 3 heterocycles. The van der Waals surface area contributed by atoms with Crippen molar-refractivity contribution in [1.82, 2.24) is 19.5 Å². The molecule has 1 unspecified atom stereocenters. The number of aromatic nitrogens is 3. The number of H-pyrrole nitrogens is 1. The van der Waals surface area contributed by atoms with Gasteiger partial charge in [0.05, 0.1) is 11.9 Å². The van der Waals surface area contributed by atoms with Gasteiger partial charge < -0.3 is 20.4 Å².